The first-order valence-corrected chi connectivity index (χ1v) is 7.66. The van der Waals surface area contributed by atoms with E-state index in [9.17, 15) is 0 Å². The number of aromatic nitrogens is 2. The highest BCUT2D eigenvalue weighted by atomic mass is 35.5. The third kappa shape index (κ3) is 4.00. The van der Waals surface area contributed by atoms with Crippen molar-refractivity contribution in [2.45, 2.75) is 6.92 Å². The number of nitriles is 1. The van der Waals surface area contributed by atoms with E-state index in [0.29, 0.717) is 28.0 Å². The molecule has 0 spiro atoms. The number of nitrogens with zero attached hydrogens (tertiary/aromatic N) is 3. The largest absolute Gasteiger partial charge is 0.340 e. The molecule has 0 aliphatic rings. The Labute approximate surface area is 145 Å². The van der Waals surface area contributed by atoms with Crippen LogP contribution in [0.3, 0.4) is 0 Å². The molecule has 3 rings (SSSR count). The van der Waals surface area contributed by atoms with Crippen LogP contribution >= 0.6 is 11.6 Å². The standard InChI is InChI=1S/C18H14ClN5/c1-12-21-17(23-15-7-5-13(11-20)6-8-15)10-18(22-12)24-16-4-2-3-14(19)9-16/h2-10H,1H3,(H2,21,22,23,24). The van der Waals surface area contributed by atoms with Gasteiger partial charge >= 0.3 is 0 Å². The maximum atomic E-state index is 8.84. The van der Waals surface area contributed by atoms with Crippen molar-refractivity contribution in [1.29, 1.82) is 5.26 Å². The summed E-state index contributed by atoms with van der Waals surface area (Å²) in [7, 11) is 0. The van der Waals surface area contributed by atoms with Gasteiger partial charge in [0.05, 0.1) is 11.6 Å². The first-order valence-electron chi connectivity index (χ1n) is 7.28. The molecule has 1 heterocycles. The van der Waals surface area contributed by atoms with Gasteiger partial charge in [0.1, 0.15) is 17.5 Å². The van der Waals surface area contributed by atoms with Gasteiger partial charge in [-0.15, -0.1) is 0 Å². The van der Waals surface area contributed by atoms with Crippen molar-refractivity contribution in [2.24, 2.45) is 0 Å². The van der Waals surface area contributed by atoms with Gasteiger partial charge < -0.3 is 10.6 Å². The average molecular weight is 336 g/mol. The smallest absolute Gasteiger partial charge is 0.136 e. The maximum Gasteiger partial charge on any atom is 0.136 e. The Hall–Kier alpha value is -3.10. The van der Waals surface area contributed by atoms with Gasteiger partial charge in [0.25, 0.3) is 0 Å². The second-order valence-electron chi connectivity index (χ2n) is 5.14. The Morgan fingerprint density at radius 3 is 2.21 bits per heavy atom. The van der Waals surface area contributed by atoms with E-state index in [1.54, 1.807) is 12.1 Å². The first kappa shape index (κ1) is 15.8. The predicted molar refractivity (Wildman–Crippen MR) is 95.9 cm³/mol. The highest BCUT2D eigenvalue weighted by Gasteiger charge is 2.04. The van der Waals surface area contributed by atoms with Crippen molar-refractivity contribution < 1.29 is 0 Å². The van der Waals surface area contributed by atoms with E-state index in [1.165, 1.54) is 0 Å². The highest BCUT2D eigenvalue weighted by molar-refractivity contribution is 6.30. The van der Waals surface area contributed by atoms with Crippen molar-refractivity contribution in [2.75, 3.05) is 10.6 Å². The molecule has 5 nitrogen and oxygen atoms in total. The summed E-state index contributed by atoms with van der Waals surface area (Å²) in [4.78, 5) is 8.76. The molecule has 3 aromatic rings. The highest BCUT2D eigenvalue weighted by Crippen LogP contribution is 2.22. The molecule has 2 N–H and O–H groups in total. The Morgan fingerprint density at radius 2 is 1.58 bits per heavy atom. The number of rotatable bonds is 4. The summed E-state index contributed by atoms with van der Waals surface area (Å²) >= 11 is 6.00. The van der Waals surface area contributed by atoms with Gasteiger partial charge in [-0.3, -0.25) is 0 Å². The second-order valence-corrected chi connectivity index (χ2v) is 5.57. The minimum absolute atomic E-state index is 0.614. The third-order valence-corrected chi connectivity index (χ3v) is 3.46. The molecule has 2 aromatic carbocycles. The van der Waals surface area contributed by atoms with E-state index in [1.807, 2.05) is 49.4 Å². The van der Waals surface area contributed by atoms with Crippen LogP contribution in [0.5, 0.6) is 0 Å². The van der Waals surface area contributed by atoms with Crippen LogP contribution in [0.25, 0.3) is 0 Å². The Balaban J connectivity index is 1.81. The number of hydrogen-bond acceptors (Lipinski definition) is 5. The van der Waals surface area contributed by atoms with Gasteiger partial charge in [-0.05, 0) is 49.4 Å². The molecule has 0 aliphatic carbocycles. The molecule has 0 atom stereocenters. The first-order chi connectivity index (χ1) is 11.6. The van der Waals surface area contributed by atoms with E-state index in [-0.39, 0.29) is 0 Å². The summed E-state index contributed by atoms with van der Waals surface area (Å²) in [5, 5.41) is 15.9. The number of aryl methyl sites for hydroxylation is 1. The van der Waals surface area contributed by atoms with Gasteiger partial charge in [-0.2, -0.15) is 5.26 Å². The van der Waals surface area contributed by atoms with Crippen LogP contribution in [0.1, 0.15) is 11.4 Å². The van der Waals surface area contributed by atoms with Crippen molar-refractivity contribution in [3.8, 4) is 6.07 Å². The van der Waals surface area contributed by atoms with Crippen LogP contribution in [-0.2, 0) is 0 Å². The molecule has 0 fully saturated rings. The lowest BCUT2D eigenvalue weighted by molar-refractivity contribution is 1.06. The minimum Gasteiger partial charge on any atom is -0.340 e. The van der Waals surface area contributed by atoms with Crippen molar-refractivity contribution in [1.82, 2.24) is 9.97 Å². The third-order valence-electron chi connectivity index (χ3n) is 3.22. The van der Waals surface area contributed by atoms with Gasteiger partial charge in [0.2, 0.25) is 0 Å². The fraction of sp³-hybridized carbons (Fsp3) is 0.0556. The lowest BCUT2D eigenvalue weighted by Gasteiger charge is -2.10. The van der Waals surface area contributed by atoms with Crippen molar-refractivity contribution in [3.63, 3.8) is 0 Å². The number of halogens is 1. The molecule has 0 amide bonds. The molecule has 1 aromatic heterocycles. The fourth-order valence-corrected chi connectivity index (χ4v) is 2.38. The summed E-state index contributed by atoms with van der Waals surface area (Å²) in [6.45, 7) is 1.83. The molecule has 0 aliphatic heterocycles. The van der Waals surface area contributed by atoms with Gasteiger partial charge in [-0.25, -0.2) is 9.97 Å². The summed E-state index contributed by atoms with van der Waals surface area (Å²) in [6.07, 6.45) is 0. The summed E-state index contributed by atoms with van der Waals surface area (Å²) in [5.74, 6) is 1.97. The van der Waals surface area contributed by atoms with Crippen molar-refractivity contribution in [3.05, 3.63) is 71.0 Å². The van der Waals surface area contributed by atoms with E-state index in [2.05, 4.69) is 26.7 Å². The van der Waals surface area contributed by atoms with Crippen LogP contribution in [0, 0.1) is 18.3 Å². The molecule has 0 radical (unpaired) electrons. The number of anilines is 4. The lowest BCUT2D eigenvalue weighted by atomic mass is 10.2. The second kappa shape index (κ2) is 6.99. The maximum absolute atomic E-state index is 8.84. The molecular formula is C18H14ClN5. The molecule has 6 heteroatoms. The SMILES string of the molecule is Cc1nc(Nc2ccc(C#N)cc2)cc(Nc2cccc(Cl)c2)n1. The van der Waals surface area contributed by atoms with Gasteiger partial charge in [0, 0.05) is 22.5 Å². The zero-order valence-corrected chi connectivity index (χ0v) is 13.7. The predicted octanol–water partition coefficient (Wildman–Crippen LogP) is 4.80. The number of nitrogens with one attached hydrogen (secondary N) is 2. The topological polar surface area (TPSA) is 73.6 Å². The van der Waals surface area contributed by atoms with Crippen LogP contribution in [0.2, 0.25) is 5.02 Å². The van der Waals surface area contributed by atoms with Crippen LogP contribution in [0.15, 0.2) is 54.6 Å². The van der Waals surface area contributed by atoms with E-state index in [0.717, 1.165) is 11.4 Å². The molecule has 118 valence electrons. The van der Waals surface area contributed by atoms with E-state index >= 15 is 0 Å². The molecule has 24 heavy (non-hydrogen) atoms. The van der Waals surface area contributed by atoms with Crippen LogP contribution < -0.4 is 10.6 Å². The summed E-state index contributed by atoms with van der Waals surface area (Å²) in [6, 6.07) is 18.5. The normalized spacial score (nSPS) is 10.0. The summed E-state index contributed by atoms with van der Waals surface area (Å²) < 4.78 is 0. The van der Waals surface area contributed by atoms with E-state index in [4.69, 9.17) is 16.9 Å². The number of hydrogen-bond donors (Lipinski definition) is 2. The van der Waals surface area contributed by atoms with Crippen LogP contribution in [-0.4, -0.2) is 9.97 Å². The molecule has 0 saturated carbocycles. The average Bonchev–Trinajstić information content (AvgIpc) is 2.55. The van der Waals surface area contributed by atoms with Gasteiger partial charge in [0.15, 0.2) is 0 Å². The molecular weight excluding hydrogens is 322 g/mol. The number of benzene rings is 2. The lowest BCUT2D eigenvalue weighted by Crippen LogP contribution is -2.01. The van der Waals surface area contributed by atoms with Crippen molar-refractivity contribution >= 4 is 34.6 Å². The Kier molecular flexibility index (Phi) is 4.59. The quantitative estimate of drug-likeness (QED) is 0.716. The van der Waals surface area contributed by atoms with E-state index < -0.39 is 0 Å². The van der Waals surface area contributed by atoms with Crippen LogP contribution in [0.4, 0.5) is 23.0 Å². The Bertz CT molecular complexity index is 900. The molecule has 0 unspecified atom stereocenters. The molecule has 0 saturated heterocycles. The Morgan fingerprint density at radius 1 is 0.917 bits per heavy atom. The zero-order chi connectivity index (χ0) is 16.9. The monoisotopic (exact) mass is 335 g/mol. The summed E-state index contributed by atoms with van der Waals surface area (Å²) in [5.41, 5.74) is 2.31. The minimum atomic E-state index is 0.614. The van der Waals surface area contributed by atoms with Gasteiger partial charge in [-0.1, -0.05) is 17.7 Å². The zero-order valence-electron chi connectivity index (χ0n) is 12.9. The molecule has 0 bridgehead atoms. The fourth-order valence-electron chi connectivity index (χ4n) is 2.19.